The number of allylic oxidation sites excluding steroid dienone is 2. The molecule has 116 valence electrons. The average molecular weight is 321 g/mol. The summed E-state index contributed by atoms with van der Waals surface area (Å²) >= 11 is 1.52. The maximum Gasteiger partial charge on any atom is 0.143 e. The molecule has 0 unspecified atom stereocenters. The van der Waals surface area contributed by atoms with E-state index in [1.165, 1.54) is 47.0 Å². The highest BCUT2D eigenvalue weighted by molar-refractivity contribution is 8.02. The summed E-state index contributed by atoms with van der Waals surface area (Å²) in [5.74, 6) is 0. The van der Waals surface area contributed by atoms with E-state index in [2.05, 4.69) is 41.3 Å². The number of thioether (sulfide) groups is 1. The van der Waals surface area contributed by atoms with Crippen molar-refractivity contribution in [2.75, 3.05) is 19.3 Å². The van der Waals surface area contributed by atoms with Crippen LogP contribution in [0.4, 0.5) is 0 Å². The Bertz CT molecular complexity index is 740. The minimum atomic E-state index is 0.239. The van der Waals surface area contributed by atoms with Gasteiger partial charge in [-0.25, -0.2) is 0 Å². The lowest BCUT2D eigenvalue weighted by Crippen LogP contribution is -2.23. The molecule has 1 heterocycles. The van der Waals surface area contributed by atoms with E-state index in [1.807, 2.05) is 6.26 Å². The lowest BCUT2D eigenvalue weighted by atomic mass is 9.87. The molecule has 1 fully saturated rings. The number of nitriles is 2. The summed E-state index contributed by atoms with van der Waals surface area (Å²) in [4.78, 5) is 3.29. The van der Waals surface area contributed by atoms with Gasteiger partial charge in [0.2, 0.25) is 0 Å². The minimum Gasteiger partial charge on any atom is -0.371 e. The van der Waals surface area contributed by atoms with Crippen molar-refractivity contribution < 1.29 is 0 Å². The normalized spacial score (nSPS) is 16.6. The molecule has 0 bridgehead atoms. The Hall–Kier alpha value is -2.17. The second-order valence-electron chi connectivity index (χ2n) is 5.81. The Kier molecular flexibility index (Phi) is 4.74. The Morgan fingerprint density at radius 3 is 2.43 bits per heavy atom. The number of hydrogen-bond acceptors (Lipinski definition) is 4. The van der Waals surface area contributed by atoms with Gasteiger partial charge in [0.15, 0.2) is 0 Å². The summed E-state index contributed by atoms with van der Waals surface area (Å²) in [7, 11) is 0. The zero-order valence-electron chi connectivity index (χ0n) is 13.3. The van der Waals surface area contributed by atoms with Crippen LogP contribution in [0.25, 0.3) is 5.70 Å². The van der Waals surface area contributed by atoms with E-state index in [1.54, 1.807) is 0 Å². The summed E-state index contributed by atoms with van der Waals surface area (Å²) in [5.41, 5.74) is 5.31. The monoisotopic (exact) mass is 321 g/mol. The van der Waals surface area contributed by atoms with Crippen molar-refractivity contribution in [3.05, 3.63) is 51.4 Å². The molecule has 1 aliphatic carbocycles. The van der Waals surface area contributed by atoms with Crippen LogP contribution in [0.5, 0.6) is 0 Å². The third-order valence-corrected chi connectivity index (χ3v) is 5.41. The first-order valence-corrected chi connectivity index (χ1v) is 9.17. The Labute approximate surface area is 141 Å². The van der Waals surface area contributed by atoms with Gasteiger partial charge in [-0.05, 0) is 43.1 Å². The van der Waals surface area contributed by atoms with Gasteiger partial charge in [-0.15, -0.1) is 11.8 Å². The van der Waals surface area contributed by atoms with E-state index in [-0.39, 0.29) is 5.57 Å². The van der Waals surface area contributed by atoms with Crippen molar-refractivity contribution in [2.24, 2.45) is 0 Å². The number of aryl methyl sites for hydroxylation is 1. The molecule has 1 saturated heterocycles. The van der Waals surface area contributed by atoms with Crippen LogP contribution in [0, 0.1) is 22.7 Å². The Morgan fingerprint density at radius 1 is 1.09 bits per heavy atom. The second-order valence-corrected chi connectivity index (χ2v) is 6.63. The molecule has 3 nitrogen and oxygen atoms in total. The van der Waals surface area contributed by atoms with Crippen LogP contribution in [0.3, 0.4) is 0 Å². The molecule has 4 heteroatoms. The van der Waals surface area contributed by atoms with E-state index >= 15 is 0 Å². The van der Waals surface area contributed by atoms with Gasteiger partial charge in [-0.3, -0.25) is 0 Å². The van der Waals surface area contributed by atoms with Gasteiger partial charge in [0.25, 0.3) is 0 Å². The molecule has 1 aromatic carbocycles. The maximum absolute atomic E-state index is 9.33. The lowest BCUT2D eigenvalue weighted by molar-refractivity contribution is 0.486. The highest BCUT2D eigenvalue weighted by atomic mass is 32.2. The molecular weight excluding hydrogens is 302 g/mol. The zero-order chi connectivity index (χ0) is 16.2. The zero-order valence-corrected chi connectivity index (χ0v) is 14.1. The number of rotatable bonds is 3. The van der Waals surface area contributed by atoms with Crippen LogP contribution in [-0.4, -0.2) is 24.2 Å². The molecule has 0 aromatic heterocycles. The highest BCUT2D eigenvalue weighted by Crippen LogP contribution is 2.41. The minimum absolute atomic E-state index is 0.239. The largest absolute Gasteiger partial charge is 0.371 e. The fourth-order valence-corrected chi connectivity index (χ4v) is 4.28. The topological polar surface area (TPSA) is 50.8 Å². The predicted octanol–water partition coefficient (Wildman–Crippen LogP) is 4.10. The van der Waals surface area contributed by atoms with Gasteiger partial charge >= 0.3 is 0 Å². The van der Waals surface area contributed by atoms with E-state index in [4.69, 9.17) is 0 Å². The lowest BCUT2D eigenvalue weighted by Gasteiger charge is -2.31. The van der Waals surface area contributed by atoms with Gasteiger partial charge < -0.3 is 4.90 Å². The van der Waals surface area contributed by atoms with Crippen molar-refractivity contribution >= 4 is 17.5 Å². The van der Waals surface area contributed by atoms with E-state index in [9.17, 15) is 10.5 Å². The quantitative estimate of drug-likeness (QED) is 0.786. The van der Waals surface area contributed by atoms with Crippen molar-refractivity contribution in [1.82, 2.24) is 4.90 Å². The van der Waals surface area contributed by atoms with Gasteiger partial charge in [-0.2, -0.15) is 10.5 Å². The average Bonchev–Trinajstić information content (AvgIpc) is 3.13. The molecular formula is C19H19N3S. The SMILES string of the molecule is CSC(=C(C#N)C#N)C1=C(N2CCCC2)c2ccccc2CC1. The highest BCUT2D eigenvalue weighted by Gasteiger charge is 2.28. The van der Waals surface area contributed by atoms with Crippen LogP contribution < -0.4 is 0 Å². The molecule has 23 heavy (non-hydrogen) atoms. The van der Waals surface area contributed by atoms with Crippen molar-refractivity contribution in [1.29, 1.82) is 10.5 Å². The first-order valence-electron chi connectivity index (χ1n) is 7.95. The number of likely N-dealkylation sites (tertiary alicyclic amines) is 1. The third kappa shape index (κ3) is 2.87. The van der Waals surface area contributed by atoms with Crippen molar-refractivity contribution in [2.45, 2.75) is 25.7 Å². The van der Waals surface area contributed by atoms with Crippen LogP contribution in [0.1, 0.15) is 30.4 Å². The molecule has 1 aliphatic heterocycles. The number of benzene rings is 1. The molecule has 0 spiro atoms. The molecule has 3 rings (SSSR count). The van der Waals surface area contributed by atoms with E-state index in [0.717, 1.165) is 30.8 Å². The molecule has 0 amide bonds. The van der Waals surface area contributed by atoms with E-state index < -0.39 is 0 Å². The maximum atomic E-state index is 9.33. The second kappa shape index (κ2) is 6.94. The van der Waals surface area contributed by atoms with Gasteiger partial charge in [0.05, 0.1) is 0 Å². The Morgan fingerprint density at radius 2 is 1.78 bits per heavy atom. The summed E-state index contributed by atoms with van der Waals surface area (Å²) in [6.45, 7) is 2.12. The first-order chi connectivity index (χ1) is 11.3. The van der Waals surface area contributed by atoms with Crippen LogP contribution in [-0.2, 0) is 6.42 Å². The predicted molar refractivity (Wildman–Crippen MR) is 94.3 cm³/mol. The number of hydrogen-bond donors (Lipinski definition) is 0. The van der Waals surface area contributed by atoms with Crippen LogP contribution >= 0.6 is 11.8 Å². The number of fused-ring (bicyclic) bond motifs is 1. The fourth-order valence-electron chi connectivity index (χ4n) is 3.54. The van der Waals surface area contributed by atoms with Gasteiger partial charge in [0.1, 0.15) is 17.7 Å². The van der Waals surface area contributed by atoms with E-state index in [0.29, 0.717) is 0 Å². The molecule has 0 N–H and O–H groups in total. The first kappa shape index (κ1) is 15.7. The van der Waals surface area contributed by atoms with Gasteiger partial charge in [-0.1, -0.05) is 24.3 Å². The van der Waals surface area contributed by atoms with Gasteiger partial charge in [0, 0.05) is 29.3 Å². The summed E-state index contributed by atoms with van der Waals surface area (Å²) in [6, 6.07) is 12.7. The van der Waals surface area contributed by atoms with Crippen LogP contribution in [0.2, 0.25) is 0 Å². The number of nitrogens with zero attached hydrogens (tertiary/aromatic N) is 3. The van der Waals surface area contributed by atoms with Crippen LogP contribution in [0.15, 0.2) is 40.3 Å². The summed E-state index contributed by atoms with van der Waals surface area (Å²) in [5, 5.41) is 18.7. The summed E-state index contributed by atoms with van der Waals surface area (Å²) < 4.78 is 0. The van der Waals surface area contributed by atoms with Crippen molar-refractivity contribution in [3.63, 3.8) is 0 Å². The Balaban J connectivity index is 2.23. The molecule has 0 saturated carbocycles. The molecule has 1 aromatic rings. The smallest absolute Gasteiger partial charge is 0.143 e. The molecule has 2 aliphatic rings. The third-order valence-electron chi connectivity index (χ3n) is 4.55. The summed E-state index contributed by atoms with van der Waals surface area (Å²) in [6.07, 6.45) is 6.24. The molecule has 0 radical (unpaired) electrons. The molecule has 0 atom stereocenters. The van der Waals surface area contributed by atoms with Crippen molar-refractivity contribution in [3.8, 4) is 12.1 Å². The fraction of sp³-hybridized carbons (Fsp3) is 0.368. The standard InChI is InChI=1S/C19H19N3S/c1-23-19(15(12-20)13-21)17-9-8-14-6-2-3-7-16(14)18(17)22-10-4-5-11-22/h2-3,6-7H,4-5,8-11H2,1H3.